The Labute approximate surface area is 178 Å². The standard InChI is InChI=1S/C22H24N4O5/c1-14-5-6-16-15(12-14)19(20(23-16)22(29)30-2)24-18(27)13-25-7-9-26(10-8-25)21(28)17-4-3-11-31-17/h3-6,11-12,23H,7-10,13H2,1-2H3,(H,24,27). The fourth-order valence-corrected chi connectivity index (χ4v) is 3.74. The maximum absolute atomic E-state index is 12.8. The molecular weight excluding hydrogens is 400 g/mol. The maximum Gasteiger partial charge on any atom is 0.356 e. The zero-order chi connectivity index (χ0) is 22.0. The van der Waals surface area contributed by atoms with E-state index < -0.39 is 5.97 Å². The largest absolute Gasteiger partial charge is 0.464 e. The van der Waals surface area contributed by atoms with Gasteiger partial charge in [0.25, 0.3) is 5.91 Å². The highest BCUT2D eigenvalue weighted by atomic mass is 16.5. The van der Waals surface area contributed by atoms with Crippen LogP contribution in [0.25, 0.3) is 10.9 Å². The number of aromatic nitrogens is 1. The van der Waals surface area contributed by atoms with E-state index in [-0.39, 0.29) is 24.1 Å². The summed E-state index contributed by atoms with van der Waals surface area (Å²) in [6, 6.07) is 9.02. The van der Waals surface area contributed by atoms with E-state index >= 15 is 0 Å². The number of carbonyl (C=O) groups excluding carboxylic acids is 3. The molecule has 3 heterocycles. The van der Waals surface area contributed by atoms with Crippen LogP contribution >= 0.6 is 0 Å². The van der Waals surface area contributed by atoms with Crippen molar-refractivity contribution in [1.29, 1.82) is 0 Å². The van der Waals surface area contributed by atoms with Crippen LogP contribution < -0.4 is 5.32 Å². The maximum atomic E-state index is 12.8. The third-order valence-electron chi connectivity index (χ3n) is 5.37. The average Bonchev–Trinajstić information content (AvgIpc) is 3.42. The number of aromatic amines is 1. The number of esters is 1. The number of H-pyrrole nitrogens is 1. The lowest BCUT2D eigenvalue weighted by Gasteiger charge is -2.33. The highest BCUT2D eigenvalue weighted by Gasteiger charge is 2.26. The SMILES string of the molecule is COC(=O)c1[nH]c2ccc(C)cc2c1NC(=O)CN1CCN(C(=O)c2ccco2)CC1. The lowest BCUT2D eigenvalue weighted by molar-refractivity contribution is -0.117. The van der Waals surface area contributed by atoms with Crippen LogP contribution in [0.4, 0.5) is 5.69 Å². The van der Waals surface area contributed by atoms with Crippen molar-refractivity contribution in [3.8, 4) is 0 Å². The number of aryl methyl sites for hydroxylation is 1. The molecule has 0 aliphatic carbocycles. The van der Waals surface area contributed by atoms with E-state index in [4.69, 9.17) is 9.15 Å². The number of hydrogen-bond acceptors (Lipinski definition) is 6. The number of amides is 2. The van der Waals surface area contributed by atoms with Gasteiger partial charge in [0, 0.05) is 37.1 Å². The zero-order valence-electron chi connectivity index (χ0n) is 17.4. The predicted octanol–water partition coefficient (Wildman–Crippen LogP) is 2.25. The number of carbonyl (C=O) groups is 3. The van der Waals surface area contributed by atoms with Gasteiger partial charge in [-0.3, -0.25) is 14.5 Å². The topological polar surface area (TPSA) is 108 Å². The first-order valence-electron chi connectivity index (χ1n) is 10.0. The molecule has 3 aromatic rings. The molecule has 1 aliphatic heterocycles. The number of methoxy groups -OCH3 is 1. The molecule has 1 fully saturated rings. The van der Waals surface area contributed by atoms with Crippen molar-refractivity contribution in [2.24, 2.45) is 0 Å². The molecule has 0 unspecified atom stereocenters. The van der Waals surface area contributed by atoms with Crippen LogP contribution in [0.5, 0.6) is 0 Å². The van der Waals surface area contributed by atoms with Gasteiger partial charge in [-0.25, -0.2) is 4.79 Å². The monoisotopic (exact) mass is 424 g/mol. The Kier molecular flexibility index (Phi) is 5.77. The van der Waals surface area contributed by atoms with Gasteiger partial charge in [-0.2, -0.15) is 0 Å². The van der Waals surface area contributed by atoms with Gasteiger partial charge in [0.15, 0.2) is 5.76 Å². The summed E-state index contributed by atoms with van der Waals surface area (Å²) in [5.41, 5.74) is 2.38. The van der Waals surface area contributed by atoms with E-state index in [1.165, 1.54) is 13.4 Å². The molecule has 0 bridgehead atoms. The van der Waals surface area contributed by atoms with E-state index in [0.717, 1.165) is 16.5 Å². The van der Waals surface area contributed by atoms with Crippen LogP contribution in [-0.4, -0.2) is 72.4 Å². The van der Waals surface area contributed by atoms with Crippen molar-refractivity contribution in [2.45, 2.75) is 6.92 Å². The van der Waals surface area contributed by atoms with Gasteiger partial charge in [0.1, 0.15) is 5.69 Å². The number of nitrogens with zero attached hydrogens (tertiary/aromatic N) is 2. The lowest BCUT2D eigenvalue weighted by atomic mass is 10.1. The van der Waals surface area contributed by atoms with Crippen LogP contribution in [0.2, 0.25) is 0 Å². The summed E-state index contributed by atoms with van der Waals surface area (Å²) in [6.45, 7) is 4.24. The van der Waals surface area contributed by atoms with Gasteiger partial charge < -0.3 is 24.4 Å². The first-order valence-corrected chi connectivity index (χ1v) is 10.0. The van der Waals surface area contributed by atoms with Crippen molar-refractivity contribution in [2.75, 3.05) is 45.2 Å². The first kappa shape index (κ1) is 20.7. The van der Waals surface area contributed by atoms with Crippen molar-refractivity contribution in [3.63, 3.8) is 0 Å². The number of fused-ring (bicyclic) bond motifs is 1. The quantitative estimate of drug-likeness (QED) is 0.609. The molecule has 0 saturated carbocycles. The number of anilines is 1. The molecule has 2 aromatic heterocycles. The Morgan fingerprint density at radius 3 is 2.61 bits per heavy atom. The molecule has 0 atom stereocenters. The van der Waals surface area contributed by atoms with Crippen molar-refractivity contribution < 1.29 is 23.5 Å². The molecule has 9 heteroatoms. The average molecular weight is 424 g/mol. The number of rotatable bonds is 5. The number of benzene rings is 1. The van der Waals surface area contributed by atoms with Gasteiger partial charge in [-0.1, -0.05) is 11.6 Å². The Morgan fingerprint density at radius 2 is 1.94 bits per heavy atom. The zero-order valence-corrected chi connectivity index (χ0v) is 17.4. The van der Waals surface area contributed by atoms with Gasteiger partial charge in [0.05, 0.1) is 25.6 Å². The van der Waals surface area contributed by atoms with Crippen LogP contribution in [0, 0.1) is 6.92 Å². The number of furan rings is 1. The van der Waals surface area contributed by atoms with Gasteiger partial charge in [0.2, 0.25) is 5.91 Å². The van der Waals surface area contributed by atoms with Crippen molar-refractivity contribution in [1.82, 2.24) is 14.8 Å². The highest BCUT2D eigenvalue weighted by Crippen LogP contribution is 2.29. The number of ether oxygens (including phenoxy) is 1. The molecule has 0 radical (unpaired) electrons. The van der Waals surface area contributed by atoms with E-state index in [1.807, 2.05) is 30.0 Å². The Hall–Kier alpha value is -3.59. The third-order valence-corrected chi connectivity index (χ3v) is 5.37. The molecule has 1 saturated heterocycles. The molecule has 2 N–H and O–H groups in total. The molecule has 0 spiro atoms. The fraction of sp³-hybridized carbons (Fsp3) is 0.318. The second kappa shape index (κ2) is 8.65. The molecule has 31 heavy (non-hydrogen) atoms. The summed E-state index contributed by atoms with van der Waals surface area (Å²) in [5.74, 6) is -0.616. The second-order valence-electron chi connectivity index (χ2n) is 7.51. The summed E-state index contributed by atoms with van der Waals surface area (Å²) < 4.78 is 10.0. The Balaban J connectivity index is 1.41. The van der Waals surface area contributed by atoms with Crippen LogP contribution in [0.15, 0.2) is 41.0 Å². The minimum absolute atomic E-state index is 0.147. The first-order chi connectivity index (χ1) is 15.0. The molecule has 4 rings (SSSR count). The minimum Gasteiger partial charge on any atom is -0.464 e. The molecule has 1 aliphatic rings. The molecule has 2 amide bonds. The van der Waals surface area contributed by atoms with Crippen LogP contribution in [0.3, 0.4) is 0 Å². The van der Waals surface area contributed by atoms with Gasteiger partial charge >= 0.3 is 5.97 Å². The van der Waals surface area contributed by atoms with Crippen molar-refractivity contribution in [3.05, 3.63) is 53.6 Å². The summed E-state index contributed by atoms with van der Waals surface area (Å²) >= 11 is 0. The molecular formula is C22H24N4O5. The molecule has 162 valence electrons. The number of nitrogens with one attached hydrogen (secondary N) is 2. The molecule has 1 aromatic carbocycles. The smallest absolute Gasteiger partial charge is 0.356 e. The third kappa shape index (κ3) is 4.31. The molecule has 9 nitrogen and oxygen atoms in total. The fourth-order valence-electron chi connectivity index (χ4n) is 3.74. The van der Waals surface area contributed by atoms with Gasteiger partial charge in [-0.15, -0.1) is 0 Å². The summed E-state index contributed by atoms with van der Waals surface area (Å²) in [5, 5.41) is 3.62. The Morgan fingerprint density at radius 1 is 1.16 bits per heavy atom. The normalized spacial score (nSPS) is 14.6. The van der Waals surface area contributed by atoms with Crippen LogP contribution in [-0.2, 0) is 9.53 Å². The van der Waals surface area contributed by atoms with E-state index in [0.29, 0.717) is 37.6 Å². The minimum atomic E-state index is -0.547. The lowest BCUT2D eigenvalue weighted by Crippen LogP contribution is -2.50. The van der Waals surface area contributed by atoms with E-state index in [9.17, 15) is 14.4 Å². The van der Waals surface area contributed by atoms with Crippen LogP contribution in [0.1, 0.15) is 26.6 Å². The summed E-state index contributed by atoms with van der Waals surface area (Å²) in [7, 11) is 1.30. The predicted molar refractivity (Wildman–Crippen MR) is 114 cm³/mol. The van der Waals surface area contributed by atoms with E-state index in [2.05, 4.69) is 10.3 Å². The summed E-state index contributed by atoms with van der Waals surface area (Å²) in [4.78, 5) is 44.0. The second-order valence-corrected chi connectivity index (χ2v) is 7.51. The summed E-state index contributed by atoms with van der Waals surface area (Å²) in [6.07, 6.45) is 1.47. The van der Waals surface area contributed by atoms with Gasteiger partial charge in [-0.05, 0) is 31.2 Å². The highest BCUT2D eigenvalue weighted by molar-refractivity contribution is 6.11. The number of hydrogen-bond donors (Lipinski definition) is 2. The number of piperazine rings is 1. The Bertz CT molecular complexity index is 1110. The van der Waals surface area contributed by atoms with E-state index in [1.54, 1.807) is 17.0 Å². The van der Waals surface area contributed by atoms with Crippen molar-refractivity contribution >= 4 is 34.4 Å².